The average molecular weight is 1730 g/mol. The lowest BCUT2D eigenvalue weighted by Crippen LogP contribution is -3.00. The van der Waals surface area contributed by atoms with Gasteiger partial charge in [0.05, 0.1) is 44.4 Å². The zero-order valence-corrected chi connectivity index (χ0v) is 83.0. The molecular weight excluding hydrogens is 1580 g/mol. The lowest BCUT2D eigenvalue weighted by atomic mass is 10.0. The van der Waals surface area contributed by atoms with E-state index in [1.807, 2.05) is 0 Å². The highest BCUT2D eigenvalue weighted by atomic mass is 35.5. The first-order chi connectivity index (χ1) is 53.9. The number of benzene rings is 7. The van der Waals surface area contributed by atoms with Gasteiger partial charge >= 0.3 is 13.5 Å². The van der Waals surface area contributed by atoms with E-state index in [4.69, 9.17) is 5.73 Å². The van der Waals surface area contributed by atoms with Gasteiger partial charge in [-0.05, 0) is 328 Å². The molecule has 5 aliphatic rings. The molecule has 121 heavy (non-hydrogen) atoms. The van der Waals surface area contributed by atoms with E-state index in [9.17, 15) is 12.9 Å². The quantitative estimate of drug-likeness (QED) is 0.0984. The molecular formula is C100H150BCl3F4N13-3. The predicted molar refractivity (Wildman–Crippen MR) is 502 cm³/mol. The second-order valence-corrected chi connectivity index (χ2v) is 39.7. The molecule has 13 nitrogen and oxygen atoms in total. The van der Waals surface area contributed by atoms with Crippen molar-refractivity contribution in [3.05, 3.63) is 234 Å². The van der Waals surface area contributed by atoms with E-state index in [0.717, 1.165) is 52.4 Å². The van der Waals surface area contributed by atoms with Crippen LogP contribution in [0, 0.1) is 125 Å². The Morgan fingerprint density at radius 1 is 0.306 bits per heavy atom. The van der Waals surface area contributed by atoms with Crippen LogP contribution in [0.5, 0.6) is 0 Å². The number of hydrogen-bond acceptors (Lipinski definition) is 11. The first-order valence-corrected chi connectivity index (χ1v) is 42.3. The van der Waals surface area contributed by atoms with Crippen LogP contribution in [0.3, 0.4) is 0 Å². The van der Waals surface area contributed by atoms with Crippen molar-refractivity contribution in [3.8, 4) is 0 Å². The molecule has 0 aliphatic carbocycles. The monoisotopic (exact) mass is 1730 g/mol. The molecule has 2 saturated heterocycles. The van der Waals surface area contributed by atoms with Crippen LogP contribution in [0.25, 0.3) is 11.0 Å². The summed E-state index contributed by atoms with van der Waals surface area (Å²) >= 11 is 0. The van der Waals surface area contributed by atoms with E-state index < -0.39 is 7.54 Å². The average Bonchev–Trinajstić information content (AvgIpc) is 1.59. The van der Waals surface area contributed by atoms with Crippen molar-refractivity contribution in [3.63, 3.8) is 0 Å². The lowest BCUT2D eigenvalue weighted by molar-refractivity contribution is -0.717. The number of nitrogens with two attached hydrogens (primary N) is 1. The molecule has 0 radical (unpaired) electrons. The molecule has 8 aromatic rings. The number of nitrogens with zero attached hydrogens (tertiary/aromatic N) is 12. The normalized spacial score (nSPS) is 14.7. The van der Waals surface area contributed by atoms with Crippen molar-refractivity contribution in [2.24, 2.45) is 0 Å². The number of para-hydroxylation sites is 2. The third kappa shape index (κ3) is 28.0. The minimum Gasteiger partial charge on any atom is -1.00 e. The summed E-state index contributed by atoms with van der Waals surface area (Å²) in [6, 6.07) is 35.7. The molecule has 1 aromatic heterocycles. The van der Waals surface area contributed by atoms with E-state index in [0.29, 0.717) is 11.1 Å². The Morgan fingerprint density at radius 3 is 0.752 bits per heavy atom. The minimum absolute atomic E-state index is 0. The molecule has 0 spiro atoms. The molecule has 0 saturated carbocycles. The second-order valence-electron chi connectivity index (χ2n) is 39.7. The Bertz CT molecular complexity index is 4290. The van der Waals surface area contributed by atoms with E-state index in [-0.39, 0.29) is 64.1 Å². The highest BCUT2D eigenvalue weighted by Gasteiger charge is 2.37. The van der Waals surface area contributed by atoms with Gasteiger partial charge in [-0.1, -0.05) is 118 Å². The number of nitrogen functional groups attached to an aromatic ring is 1. The zero-order chi connectivity index (χ0) is 88.0. The van der Waals surface area contributed by atoms with Gasteiger partial charge in [-0.2, -0.15) is 0 Å². The van der Waals surface area contributed by atoms with E-state index in [1.54, 1.807) is 0 Å². The molecule has 670 valence electrons. The van der Waals surface area contributed by atoms with E-state index >= 15 is 0 Å². The van der Waals surface area contributed by atoms with Gasteiger partial charge in [-0.25, -0.2) is 9.13 Å². The third-order valence-corrected chi connectivity index (χ3v) is 22.5. The fourth-order valence-electron chi connectivity index (χ4n) is 17.8. The topological polar surface area (TPSA) is 67.2 Å². The van der Waals surface area contributed by atoms with Crippen molar-refractivity contribution in [2.45, 2.75) is 282 Å². The first kappa shape index (κ1) is 107. The van der Waals surface area contributed by atoms with Gasteiger partial charge in [0.2, 0.25) is 0 Å². The number of halogens is 7. The maximum absolute atomic E-state index is 9.67. The highest BCUT2D eigenvalue weighted by Crippen LogP contribution is 2.39. The minimum atomic E-state index is -3.67. The molecule has 0 amide bonds. The summed E-state index contributed by atoms with van der Waals surface area (Å²) in [6.45, 7) is 89.3. The summed E-state index contributed by atoms with van der Waals surface area (Å²) in [5.74, 6) is 0.816. The second kappa shape index (κ2) is 43.1. The lowest BCUT2D eigenvalue weighted by Gasteiger charge is -2.38. The molecule has 7 aromatic carbocycles. The smallest absolute Gasteiger partial charge is 0.762 e. The zero-order valence-electron chi connectivity index (χ0n) is 80.7. The molecule has 0 bridgehead atoms. The third-order valence-electron chi connectivity index (χ3n) is 22.5. The van der Waals surface area contributed by atoms with Crippen molar-refractivity contribution in [1.29, 1.82) is 0 Å². The number of anilines is 7. The van der Waals surface area contributed by atoms with Crippen LogP contribution in [-0.2, 0) is 11.1 Å². The largest absolute Gasteiger partial charge is 1.00 e. The Balaban J connectivity index is 0.000000374. The molecule has 2 N–H and O–H groups in total. The van der Waals surface area contributed by atoms with Crippen molar-refractivity contribution >= 4 is 58.7 Å². The van der Waals surface area contributed by atoms with Gasteiger partial charge in [0.25, 0.3) is 0 Å². The fourth-order valence-corrected chi connectivity index (χ4v) is 17.8. The number of hydrogen-bond donors (Lipinski definition) is 1. The van der Waals surface area contributed by atoms with Crippen molar-refractivity contribution in [1.82, 2.24) is 24.2 Å². The summed E-state index contributed by atoms with van der Waals surface area (Å²) in [5.41, 5.74) is 42.3. The summed E-state index contributed by atoms with van der Waals surface area (Å²) in [4.78, 5) is 24.3. The maximum atomic E-state index is 9.67. The van der Waals surface area contributed by atoms with Gasteiger partial charge in [0.1, 0.15) is 11.0 Å². The Kier molecular flexibility index (Phi) is 38.2. The number of rotatable bonds is 6. The molecule has 2 fully saturated rings. The predicted octanol–water partition coefficient (Wildman–Crippen LogP) is 12.1. The number of aromatic nitrogens is 2. The summed E-state index contributed by atoms with van der Waals surface area (Å²) in [6.07, 6.45) is 13.2. The van der Waals surface area contributed by atoms with Crippen LogP contribution in [0.15, 0.2) is 134 Å². The molecule has 0 atom stereocenters. The van der Waals surface area contributed by atoms with E-state index in [1.165, 1.54) is 158 Å². The van der Waals surface area contributed by atoms with Gasteiger partial charge in [0.15, 0.2) is 0 Å². The maximum Gasteiger partial charge on any atom is 0.762 e. The molecule has 21 heteroatoms. The van der Waals surface area contributed by atoms with Crippen molar-refractivity contribution in [2.75, 3.05) is 94.7 Å². The van der Waals surface area contributed by atoms with Crippen LogP contribution in [0.2, 0.25) is 0 Å². The highest BCUT2D eigenvalue weighted by molar-refractivity contribution is 6.33. The van der Waals surface area contributed by atoms with Crippen LogP contribution in [0.1, 0.15) is 225 Å². The van der Waals surface area contributed by atoms with Crippen LogP contribution in [-0.4, -0.2) is 113 Å². The van der Waals surface area contributed by atoms with Gasteiger partial charge in [-0.3, -0.25) is 28.5 Å². The van der Waals surface area contributed by atoms with Gasteiger partial charge in [-0.15, -0.1) is 0 Å². The summed E-state index contributed by atoms with van der Waals surface area (Å²) in [5, 5.41) is 0. The number of imidazole rings is 1. The molecule has 6 heterocycles. The Labute approximate surface area is 749 Å². The number of fused-ring (bicyclic) bond motifs is 1. The molecule has 5 aliphatic heterocycles. The summed E-state index contributed by atoms with van der Waals surface area (Å²) in [7, 11) is -3.67. The first-order valence-electron chi connectivity index (χ1n) is 42.3. The number of aryl methyl sites for hydroxylation is 18. The molecule has 0 unspecified atom stereocenters. The Morgan fingerprint density at radius 2 is 0.545 bits per heavy atom. The van der Waals surface area contributed by atoms with Crippen LogP contribution in [0.4, 0.5) is 53.0 Å². The van der Waals surface area contributed by atoms with Gasteiger partial charge in [0, 0.05) is 120 Å². The van der Waals surface area contributed by atoms with Crippen molar-refractivity contribution < 1.29 is 59.4 Å². The van der Waals surface area contributed by atoms with E-state index in [2.05, 4.69) is 442 Å². The fraction of sp³-hybridized carbons (Fsp3) is 0.510. The summed E-state index contributed by atoms with van der Waals surface area (Å²) < 4.78 is 33.4. The SMILES string of the molecule is CC(C)(C)N1C=CN(C(C)(C)C)C1.CC(C)(C)N1CCN(C(C)(C)C)C1.CC(C)(C)n1c(N)[n+](C(C)(C)C)c2ccccc21.Cc1cc(C)c(N2C=CN(c3c(C)cc(C)cc3C)C2)c(C)c1.Cc1cc(C)c(N2C=CN(c3c(C)cc(C)cc3C)C2)c(C)c1.Cc1cc(C)c(N2CCN(c3c(C)cc(C)cc3C)C2)c(C)c1.FB(F)F.[Cl-].[Cl-].[Cl-].[F-]. The standard InChI is InChI=1S/C21H28N2.2C21H26N2.C15H23N3.C11H24N2.C11H22N2.BF3.3ClH.FH/c3*1-14-9-16(3)20(17(4)10-14)22-7-8-23(13-22)21-18(5)11-15(2)12-19(21)6;1-14(2,3)17-11-9-7-8-10-12(11)18(13(17)16)15(4,5)6;2*1-10(2,3)12-7-8-13(9-12)11(4,5)6;2-1(3)4;;;;/h9-12H,7-8,13H2,1-6H3;2*7-12H,13H2,1-6H3;7-10,16H,1-6H3;7-9H2,1-6H3;7-8H,9H2,1-6H3;;4*1H/p-3. The Hall–Kier alpha value is -8.00. The van der Waals surface area contributed by atoms with Crippen LogP contribution < -0.4 is 81.6 Å². The van der Waals surface area contributed by atoms with Gasteiger partial charge < -0.3 is 81.1 Å². The van der Waals surface area contributed by atoms with Crippen LogP contribution >= 0.6 is 0 Å². The molecule has 13 rings (SSSR count).